The highest BCUT2D eigenvalue weighted by molar-refractivity contribution is 5.92. The summed E-state index contributed by atoms with van der Waals surface area (Å²) in [6.45, 7) is 2.42. The number of carbonyl (C=O) groups excluding carboxylic acids is 1. The second-order valence-corrected chi connectivity index (χ2v) is 4.45. The molecule has 0 aromatic heterocycles. The lowest BCUT2D eigenvalue weighted by atomic mass is 10.2. The Hall–Kier alpha value is -2.11. The predicted molar refractivity (Wildman–Crippen MR) is 67.8 cm³/mol. The minimum absolute atomic E-state index is 0.00546. The van der Waals surface area contributed by atoms with Crippen LogP contribution in [0.15, 0.2) is 18.2 Å². The summed E-state index contributed by atoms with van der Waals surface area (Å²) in [5.74, 6) is -1.95. The SMILES string of the molecule is CCN(C(=O)Nc1ccc(C(=O)O)cc1F)C1CC1. The lowest BCUT2D eigenvalue weighted by molar-refractivity contribution is 0.0696. The zero-order chi connectivity index (χ0) is 14.0. The third-order valence-electron chi connectivity index (χ3n) is 3.05. The molecular formula is C13H15FN2O3. The highest BCUT2D eigenvalue weighted by atomic mass is 19.1. The maximum absolute atomic E-state index is 13.7. The number of hydrogen-bond donors (Lipinski definition) is 2. The van der Waals surface area contributed by atoms with E-state index in [2.05, 4.69) is 5.32 Å². The fraction of sp³-hybridized carbons (Fsp3) is 0.385. The van der Waals surface area contributed by atoms with E-state index < -0.39 is 11.8 Å². The predicted octanol–water partition coefficient (Wildman–Crippen LogP) is 2.54. The number of carboxylic acid groups (broad SMARTS) is 1. The van der Waals surface area contributed by atoms with E-state index in [1.54, 1.807) is 4.90 Å². The van der Waals surface area contributed by atoms with Gasteiger partial charge >= 0.3 is 12.0 Å². The third kappa shape index (κ3) is 3.01. The summed E-state index contributed by atoms with van der Waals surface area (Å²) in [5.41, 5.74) is -0.154. The fourth-order valence-corrected chi connectivity index (χ4v) is 1.89. The first-order valence-corrected chi connectivity index (χ1v) is 6.13. The van der Waals surface area contributed by atoms with Gasteiger partial charge in [-0.25, -0.2) is 14.0 Å². The topological polar surface area (TPSA) is 69.6 Å². The van der Waals surface area contributed by atoms with Gasteiger partial charge in [0, 0.05) is 12.6 Å². The summed E-state index contributed by atoms with van der Waals surface area (Å²) < 4.78 is 13.7. The molecule has 0 atom stereocenters. The Kier molecular flexibility index (Phi) is 3.69. The van der Waals surface area contributed by atoms with E-state index in [9.17, 15) is 14.0 Å². The maximum atomic E-state index is 13.7. The number of urea groups is 1. The number of amides is 2. The molecule has 0 bridgehead atoms. The van der Waals surface area contributed by atoms with Crippen LogP contribution in [0, 0.1) is 5.82 Å². The van der Waals surface area contributed by atoms with E-state index in [1.165, 1.54) is 12.1 Å². The van der Waals surface area contributed by atoms with Crippen LogP contribution in [0.4, 0.5) is 14.9 Å². The Morgan fingerprint density at radius 2 is 2.16 bits per heavy atom. The van der Waals surface area contributed by atoms with E-state index in [1.807, 2.05) is 6.92 Å². The smallest absolute Gasteiger partial charge is 0.335 e. The molecule has 0 unspecified atom stereocenters. The molecule has 0 radical (unpaired) electrons. The molecule has 0 heterocycles. The first-order valence-electron chi connectivity index (χ1n) is 6.13. The lowest BCUT2D eigenvalue weighted by Gasteiger charge is -2.21. The lowest BCUT2D eigenvalue weighted by Crippen LogP contribution is -2.36. The van der Waals surface area contributed by atoms with Crippen LogP contribution >= 0.6 is 0 Å². The number of carboxylic acids is 1. The van der Waals surface area contributed by atoms with Crippen molar-refractivity contribution in [3.05, 3.63) is 29.6 Å². The molecule has 102 valence electrons. The van der Waals surface area contributed by atoms with Crippen LogP contribution in [0.25, 0.3) is 0 Å². The zero-order valence-electron chi connectivity index (χ0n) is 10.5. The van der Waals surface area contributed by atoms with Crippen molar-refractivity contribution in [1.29, 1.82) is 0 Å². The second-order valence-electron chi connectivity index (χ2n) is 4.45. The van der Waals surface area contributed by atoms with Gasteiger partial charge in [0.05, 0.1) is 11.3 Å². The van der Waals surface area contributed by atoms with Gasteiger partial charge in [0.2, 0.25) is 0 Å². The highest BCUT2D eigenvalue weighted by Gasteiger charge is 2.31. The largest absolute Gasteiger partial charge is 0.478 e. The van der Waals surface area contributed by atoms with Crippen LogP contribution in [0.3, 0.4) is 0 Å². The number of aromatic carboxylic acids is 1. The monoisotopic (exact) mass is 266 g/mol. The van der Waals surface area contributed by atoms with Crippen LogP contribution < -0.4 is 5.32 Å². The van der Waals surface area contributed by atoms with Gasteiger partial charge in [-0.15, -0.1) is 0 Å². The Labute approximate surface area is 110 Å². The van der Waals surface area contributed by atoms with E-state index in [0.717, 1.165) is 18.9 Å². The van der Waals surface area contributed by atoms with Gasteiger partial charge in [0.25, 0.3) is 0 Å². The Bertz CT molecular complexity index is 515. The minimum atomic E-state index is -1.20. The molecule has 1 fully saturated rings. The summed E-state index contributed by atoms with van der Waals surface area (Å²) >= 11 is 0. The quantitative estimate of drug-likeness (QED) is 0.879. The number of hydrogen-bond acceptors (Lipinski definition) is 2. The normalized spacial score (nSPS) is 14.0. The Morgan fingerprint density at radius 3 is 2.63 bits per heavy atom. The molecule has 5 nitrogen and oxygen atoms in total. The standard InChI is InChI=1S/C13H15FN2O3/c1-2-16(9-4-5-9)13(19)15-11-6-3-8(12(17)18)7-10(11)14/h3,6-7,9H,2,4-5H2,1H3,(H,15,19)(H,17,18). The summed E-state index contributed by atoms with van der Waals surface area (Å²) in [6, 6.07) is 3.30. The Balaban J connectivity index is 2.10. The molecule has 1 saturated carbocycles. The number of benzene rings is 1. The molecule has 2 amide bonds. The Morgan fingerprint density at radius 1 is 1.47 bits per heavy atom. The van der Waals surface area contributed by atoms with Crippen molar-refractivity contribution < 1.29 is 19.1 Å². The first-order chi connectivity index (χ1) is 9.02. The van der Waals surface area contributed by atoms with Crippen LogP contribution in [0.1, 0.15) is 30.1 Å². The maximum Gasteiger partial charge on any atom is 0.335 e. The average molecular weight is 266 g/mol. The average Bonchev–Trinajstić information content (AvgIpc) is 3.17. The third-order valence-corrected chi connectivity index (χ3v) is 3.05. The zero-order valence-corrected chi connectivity index (χ0v) is 10.5. The molecule has 19 heavy (non-hydrogen) atoms. The second kappa shape index (κ2) is 5.26. The number of nitrogens with zero attached hydrogens (tertiary/aromatic N) is 1. The van der Waals surface area contributed by atoms with Gasteiger partial charge in [0.15, 0.2) is 0 Å². The van der Waals surface area contributed by atoms with E-state index in [0.29, 0.717) is 6.54 Å². The number of anilines is 1. The molecule has 1 aromatic rings. The van der Waals surface area contributed by atoms with Crippen LogP contribution in [0.5, 0.6) is 0 Å². The first kappa shape index (κ1) is 13.3. The molecule has 0 aliphatic heterocycles. The van der Waals surface area contributed by atoms with Gasteiger partial charge in [-0.2, -0.15) is 0 Å². The number of halogens is 1. The summed E-state index contributed by atoms with van der Waals surface area (Å²) in [5, 5.41) is 11.2. The molecular weight excluding hydrogens is 251 g/mol. The van der Waals surface area contributed by atoms with Crippen molar-refractivity contribution >= 4 is 17.7 Å². The fourth-order valence-electron chi connectivity index (χ4n) is 1.89. The van der Waals surface area contributed by atoms with Crippen molar-refractivity contribution in [2.75, 3.05) is 11.9 Å². The van der Waals surface area contributed by atoms with Crippen molar-refractivity contribution in [3.8, 4) is 0 Å². The van der Waals surface area contributed by atoms with Crippen LogP contribution in [-0.4, -0.2) is 34.6 Å². The molecule has 2 rings (SSSR count). The summed E-state index contributed by atoms with van der Waals surface area (Å²) in [4.78, 5) is 24.2. The van der Waals surface area contributed by atoms with Gasteiger partial charge in [-0.3, -0.25) is 0 Å². The van der Waals surface area contributed by atoms with Gasteiger partial charge in [-0.1, -0.05) is 0 Å². The summed E-state index contributed by atoms with van der Waals surface area (Å²) in [7, 11) is 0. The van der Waals surface area contributed by atoms with Gasteiger partial charge in [-0.05, 0) is 38.0 Å². The minimum Gasteiger partial charge on any atom is -0.478 e. The van der Waals surface area contributed by atoms with Gasteiger partial charge < -0.3 is 15.3 Å². The molecule has 1 aliphatic carbocycles. The van der Waals surface area contributed by atoms with E-state index in [-0.39, 0.29) is 23.3 Å². The molecule has 6 heteroatoms. The van der Waals surface area contributed by atoms with Crippen molar-refractivity contribution in [2.24, 2.45) is 0 Å². The van der Waals surface area contributed by atoms with E-state index >= 15 is 0 Å². The number of rotatable bonds is 4. The molecule has 1 aromatic carbocycles. The summed E-state index contributed by atoms with van der Waals surface area (Å²) in [6.07, 6.45) is 1.95. The van der Waals surface area contributed by atoms with Crippen LogP contribution in [-0.2, 0) is 0 Å². The number of carbonyl (C=O) groups is 2. The van der Waals surface area contributed by atoms with Crippen LogP contribution in [0.2, 0.25) is 0 Å². The van der Waals surface area contributed by atoms with Crippen molar-refractivity contribution in [2.45, 2.75) is 25.8 Å². The van der Waals surface area contributed by atoms with E-state index in [4.69, 9.17) is 5.11 Å². The van der Waals surface area contributed by atoms with Gasteiger partial charge in [0.1, 0.15) is 5.82 Å². The molecule has 2 N–H and O–H groups in total. The number of nitrogens with one attached hydrogen (secondary N) is 1. The van der Waals surface area contributed by atoms with Crippen molar-refractivity contribution in [3.63, 3.8) is 0 Å². The highest BCUT2D eigenvalue weighted by Crippen LogP contribution is 2.27. The molecule has 1 aliphatic rings. The molecule has 0 spiro atoms. The van der Waals surface area contributed by atoms with Crippen molar-refractivity contribution in [1.82, 2.24) is 4.90 Å². The molecule has 0 saturated heterocycles.